The minimum Gasteiger partial charge on any atom is -0.477 e. The van der Waals surface area contributed by atoms with Crippen LogP contribution in [0.15, 0.2) is 36.8 Å². The number of ether oxygens (including phenoxy) is 1. The summed E-state index contributed by atoms with van der Waals surface area (Å²) < 4.78 is 8.15. The third-order valence-corrected chi connectivity index (χ3v) is 4.27. The first-order valence-corrected chi connectivity index (χ1v) is 9.64. The Labute approximate surface area is 184 Å². The molecule has 0 aliphatic rings. The van der Waals surface area contributed by atoms with E-state index in [2.05, 4.69) is 20.6 Å². The lowest BCUT2D eigenvalue weighted by Crippen LogP contribution is -2.27. The molecule has 0 spiro atoms. The SMILES string of the molecule is Cn1cc(-c2ccc(NC(=O)c3nc(NC(=O)OC(C)(C)C)cn3C)nc2)cc1C(=O)O. The highest BCUT2D eigenvalue weighted by Crippen LogP contribution is 2.22. The quantitative estimate of drug-likeness (QED) is 0.554. The van der Waals surface area contributed by atoms with Gasteiger partial charge in [0.2, 0.25) is 5.82 Å². The Morgan fingerprint density at radius 2 is 1.72 bits per heavy atom. The first kappa shape index (κ1) is 22.5. The number of amides is 2. The molecule has 2 amide bonds. The molecule has 0 aliphatic carbocycles. The average Bonchev–Trinajstić information content (AvgIpc) is 3.23. The molecule has 0 aliphatic heterocycles. The first-order chi connectivity index (χ1) is 14.9. The number of aromatic nitrogens is 4. The Morgan fingerprint density at radius 1 is 1.00 bits per heavy atom. The molecule has 3 N–H and O–H groups in total. The van der Waals surface area contributed by atoms with E-state index in [-0.39, 0.29) is 23.2 Å². The summed E-state index contributed by atoms with van der Waals surface area (Å²) in [5.74, 6) is -1.01. The van der Waals surface area contributed by atoms with Gasteiger partial charge in [0.15, 0.2) is 5.82 Å². The van der Waals surface area contributed by atoms with Crippen LogP contribution in [0, 0.1) is 0 Å². The van der Waals surface area contributed by atoms with Crippen molar-refractivity contribution >= 4 is 29.6 Å². The number of hydrogen-bond donors (Lipinski definition) is 3. The monoisotopic (exact) mass is 440 g/mol. The number of pyridine rings is 1. The lowest BCUT2D eigenvalue weighted by molar-refractivity contribution is 0.0633. The van der Waals surface area contributed by atoms with Crippen molar-refractivity contribution in [2.45, 2.75) is 26.4 Å². The highest BCUT2D eigenvalue weighted by atomic mass is 16.6. The number of carboxylic acids is 1. The van der Waals surface area contributed by atoms with Crippen LogP contribution in [0.3, 0.4) is 0 Å². The van der Waals surface area contributed by atoms with Gasteiger partial charge in [0.25, 0.3) is 5.91 Å². The molecule has 3 heterocycles. The number of anilines is 2. The molecule has 32 heavy (non-hydrogen) atoms. The van der Waals surface area contributed by atoms with Crippen molar-refractivity contribution in [1.29, 1.82) is 0 Å². The molecule has 0 saturated heterocycles. The summed E-state index contributed by atoms with van der Waals surface area (Å²) in [4.78, 5) is 44.0. The van der Waals surface area contributed by atoms with Crippen LogP contribution in [-0.4, -0.2) is 47.8 Å². The Morgan fingerprint density at radius 3 is 2.28 bits per heavy atom. The summed E-state index contributed by atoms with van der Waals surface area (Å²) in [5.41, 5.74) is 0.887. The molecular formula is C21H24N6O5. The van der Waals surface area contributed by atoms with Gasteiger partial charge in [-0.3, -0.25) is 10.1 Å². The maximum Gasteiger partial charge on any atom is 0.413 e. The molecule has 0 radical (unpaired) electrons. The van der Waals surface area contributed by atoms with E-state index >= 15 is 0 Å². The van der Waals surface area contributed by atoms with Crippen LogP contribution >= 0.6 is 0 Å². The number of rotatable bonds is 5. The Kier molecular flexibility index (Phi) is 6.01. The smallest absolute Gasteiger partial charge is 0.413 e. The molecule has 3 rings (SSSR count). The second-order valence-corrected chi connectivity index (χ2v) is 8.10. The minimum absolute atomic E-state index is 0.0658. The predicted molar refractivity (Wildman–Crippen MR) is 117 cm³/mol. The molecular weight excluding hydrogens is 416 g/mol. The van der Waals surface area contributed by atoms with Crippen LogP contribution in [0.1, 0.15) is 41.9 Å². The molecule has 0 atom stereocenters. The van der Waals surface area contributed by atoms with Crippen LogP contribution < -0.4 is 10.6 Å². The number of carbonyl (C=O) groups excluding carboxylic acids is 2. The number of aromatic carboxylic acids is 1. The molecule has 0 saturated carbocycles. The summed E-state index contributed by atoms with van der Waals surface area (Å²) in [7, 11) is 3.27. The topological polar surface area (TPSA) is 140 Å². The normalized spacial score (nSPS) is 11.2. The number of nitrogens with one attached hydrogen (secondary N) is 2. The van der Waals surface area contributed by atoms with Crippen molar-refractivity contribution in [1.82, 2.24) is 19.1 Å². The Bertz CT molecular complexity index is 1170. The number of carboxylic acid groups (broad SMARTS) is 1. The van der Waals surface area contributed by atoms with E-state index < -0.39 is 23.6 Å². The van der Waals surface area contributed by atoms with E-state index in [0.717, 1.165) is 0 Å². The summed E-state index contributed by atoms with van der Waals surface area (Å²) in [5, 5.41) is 14.3. The van der Waals surface area contributed by atoms with Gasteiger partial charge < -0.3 is 24.3 Å². The number of imidazole rings is 1. The molecule has 0 fully saturated rings. The van der Waals surface area contributed by atoms with Crippen molar-refractivity contribution < 1.29 is 24.2 Å². The fraction of sp³-hybridized carbons (Fsp3) is 0.286. The third-order valence-electron chi connectivity index (χ3n) is 4.27. The van der Waals surface area contributed by atoms with Crippen molar-refractivity contribution in [3.8, 4) is 11.1 Å². The zero-order valence-electron chi connectivity index (χ0n) is 18.3. The van der Waals surface area contributed by atoms with E-state index in [1.807, 2.05) is 0 Å². The number of aryl methyl sites for hydroxylation is 2. The van der Waals surface area contributed by atoms with Crippen molar-refractivity contribution in [2.24, 2.45) is 14.1 Å². The summed E-state index contributed by atoms with van der Waals surface area (Å²) in [6.45, 7) is 5.22. The summed E-state index contributed by atoms with van der Waals surface area (Å²) in [6, 6.07) is 4.87. The summed E-state index contributed by atoms with van der Waals surface area (Å²) in [6.07, 6.45) is 4.04. The van der Waals surface area contributed by atoms with Crippen molar-refractivity contribution in [3.05, 3.63) is 48.3 Å². The maximum absolute atomic E-state index is 12.6. The van der Waals surface area contributed by atoms with Gasteiger partial charge in [-0.1, -0.05) is 0 Å². The van der Waals surface area contributed by atoms with Crippen LogP contribution in [0.2, 0.25) is 0 Å². The zero-order chi connectivity index (χ0) is 23.6. The third kappa shape index (κ3) is 5.31. The fourth-order valence-electron chi connectivity index (χ4n) is 2.89. The maximum atomic E-state index is 12.6. The molecule has 0 aromatic carbocycles. The zero-order valence-corrected chi connectivity index (χ0v) is 18.3. The van der Waals surface area contributed by atoms with Gasteiger partial charge in [-0.15, -0.1) is 0 Å². The summed E-state index contributed by atoms with van der Waals surface area (Å²) >= 11 is 0. The van der Waals surface area contributed by atoms with Crippen LogP contribution in [0.5, 0.6) is 0 Å². The largest absolute Gasteiger partial charge is 0.477 e. The van der Waals surface area contributed by atoms with Crippen LogP contribution in [0.4, 0.5) is 16.4 Å². The van der Waals surface area contributed by atoms with Gasteiger partial charge in [-0.2, -0.15) is 0 Å². The highest BCUT2D eigenvalue weighted by molar-refractivity contribution is 6.02. The molecule has 0 bridgehead atoms. The van der Waals surface area contributed by atoms with Crippen LogP contribution in [-0.2, 0) is 18.8 Å². The van der Waals surface area contributed by atoms with Crippen molar-refractivity contribution in [2.75, 3.05) is 10.6 Å². The van der Waals surface area contributed by atoms with Gasteiger partial charge in [0.1, 0.15) is 17.1 Å². The standard InChI is InChI=1S/C21H24N6O5/c1-21(2,3)32-20(31)25-16-11-27(5)17(23-16)18(28)24-15-7-6-12(9-22-15)13-8-14(19(29)30)26(4)10-13/h6-11H,1-5H3,(H,25,31)(H,29,30)(H,22,24,28). The Hall–Kier alpha value is -4.15. The highest BCUT2D eigenvalue weighted by Gasteiger charge is 2.20. The second-order valence-electron chi connectivity index (χ2n) is 8.10. The van der Waals surface area contributed by atoms with Gasteiger partial charge in [-0.05, 0) is 39.0 Å². The molecule has 11 heteroatoms. The van der Waals surface area contributed by atoms with Gasteiger partial charge in [0.05, 0.1) is 0 Å². The predicted octanol–water partition coefficient (Wildman–Crippen LogP) is 3.12. The van der Waals surface area contributed by atoms with E-state index in [4.69, 9.17) is 4.74 Å². The molecule has 0 unspecified atom stereocenters. The van der Waals surface area contributed by atoms with Crippen LogP contribution in [0.25, 0.3) is 11.1 Å². The number of nitrogens with zero attached hydrogens (tertiary/aromatic N) is 4. The Balaban J connectivity index is 1.68. The molecule has 168 valence electrons. The number of carbonyl (C=O) groups is 3. The number of hydrogen-bond acceptors (Lipinski definition) is 6. The lowest BCUT2D eigenvalue weighted by Gasteiger charge is -2.18. The van der Waals surface area contributed by atoms with E-state index in [9.17, 15) is 19.5 Å². The van der Waals surface area contributed by atoms with E-state index in [1.54, 1.807) is 59.3 Å². The molecule has 3 aromatic rings. The van der Waals surface area contributed by atoms with Crippen molar-refractivity contribution in [3.63, 3.8) is 0 Å². The fourth-order valence-corrected chi connectivity index (χ4v) is 2.89. The van der Waals surface area contributed by atoms with E-state index in [0.29, 0.717) is 11.1 Å². The second kappa shape index (κ2) is 8.53. The van der Waals surface area contributed by atoms with E-state index in [1.165, 1.54) is 21.5 Å². The first-order valence-electron chi connectivity index (χ1n) is 9.64. The average molecular weight is 440 g/mol. The van der Waals surface area contributed by atoms with Gasteiger partial charge in [0, 0.05) is 43.8 Å². The van der Waals surface area contributed by atoms with Gasteiger partial charge in [-0.25, -0.2) is 19.6 Å². The lowest BCUT2D eigenvalue weighted by atomic mass is 10.1. The molecule has 3 aromatic heterocycles. The minimum atomic E-state index is -1.02. The molecule has 11 nitrogen and oxygen atoms in total. The van der Waals surface area contributed by atoms with Gasteiger partial charge >= 0.3 is 12.1 Å².